The molecule has 60 valence electrons. The minimum Gasteiger partial charge on any atom is -0.398 e. The first-order valence-corrected chi connectivity index (χ1v) is 4.61. The SMILES string of the molecule is CSNc1ccc(C)c(N)c1. The van der Waals surface area contributed by atoms with E-state index in [9.17, 15) is 0 Å². The van der Waals surface area contributed by atoms with Gasteiger partial charge in [0.1, 0.15) is 0 Å². The van der Waals surface area contributed by atoms with Crippen molar-refractivity contribution in [1.29, 1.82) is 0 Å². The summed E-state index contributed by atoms with van der Waals surface area (Å²) >= 11 is 1.56. The van der Waals surface area contributed by atoms with Gasteiger partial charge >= 0.3 is 0 Å². The molecule has 11 heavy (non-hydrogen) atoms. The van der Waals surface area contributed by atoms with Crippen LogP contribution in [-0.2, 0) is 0 Å². The average Bonchev–Trinajstić information content (AvgIpc) is 1.98. The van der Waals surface area contributed by atoms with Crippen LogP contribution >= 0.6 is 11.9 Å². The fraction of sp³-hybridized carbons (Fsp3) is 0.250. The second kappa shape index (κ2) is 3.53. The van der Waals surface area contributed by atoms with E-state index in [0.29, 0.717) is 0 Å². The molecule has 0 aliphatic rings. The van der Waals surface area contributed by atoms with Gasteiger partial charge < -0.3 is 10.5 Å². The van der Waals surface area contributed by atoms with Gasteiger partial charge in [-0.15, -0.1) is 0 Å². The van der Waals surface area contributed by atoms with Crippen LogP contribution in [0.1, 0.15) is 5.56 Å². The Hall–Kier alpha value is -0.830. The van der Waals surface area contributed by atoms with Gasteiger partial charge in [0.15, 0.2) is 0 Å². The molecule has 0 fully saturated rings. The topological polar surface area (TPSA) is 38.0 Å². The van der Waals surface area contributed by atoms with Crippen molar-refractivity contribution in [2.24, 2.45) is 0 Å². The summed E-state index contributed by atoms with van der Waals surface area (Å²) in [5, 5.41) is 0. The van der Waals surface area contributed by atoms with Crippen LogP contribution in [0.15, 0.2) is 18.2 Å². The van der Waals surface area contributed by atoms with E-state index in [4.69, 9.17) is 5.73 Å². The quantitative estimate of drug-likeness (QED) is 0.525. The second-order valence-corrected chi connectivity index (χ2v) is 2.99. The third-order valence-electron chi connectivity index (χ3n) is 1.50. The van der Waals surface area contributed by atoms with Crippen LogP contribution in [0.5, 0.6) is 0 Å². The predicted molar refractivity (Wildman–Crippen MR) is 52.7 cm³/mol. The molecule has 0 heterocycles. The zero-order valence-electron chi connectivity index (χ0n) is 6.72. The second-order valence-electron chi connectivity index (χ2n) is 2.38. The third-order valence-corrected chi connectivity index (χ3v) is 1.94. The number of hydrogen-bond acceptors (Lipinski definition) is 3. The highest BCUT2D eigenvalue weighted by molar-refractivity contribution is 7.99. The Bertz CT molecular complexity index is 248. The van der Waals surface area contributed by atoms with Crippen molar-refractivity contribution < 1.29 is 0 Å². The van der Waals surface area contributed by atoms with Gasteiger partial charge in [0.2, 0.25) is 0 Å². The molecule has 0 unspecified atom stereocenters. The van der Waals surface area contributed by atoms with E-state index in [2.05, 4.69) is 4.72 Å². The van der Waals surface area contributed by atoms with E-state index < -0.39 is 0 Å². The van der Waals surface area contributed by atoms with Gasteiger partial charge in [-0.25, -0.2) is 0 Å². The van der Waals surface area contributed by atoms with Crippen molar-refractivity contribution in [3.8, 4) is 0 Å². The van der Waals surface area contributed by atoms with Crippen LogP contribution in [0.2, 0.25) is 0 Å². The lowest BCUT2D eigenvalue weighted by molar-refractivity contribution is 1.47. The van der Waals surface area contributed by atoms with Crippen molar-refractivity contribution in [1.82, 2.24) is 0 Å². The molecule has 0 aromatic heterocycles. The van der Waals surface area contributed by atoms with Gasteiger partial charge in [-0.1, -0.05) is 18.0 Å². The van der Waals surface area contributed by atoms with Gasteiger partial charge in [0.05, 0.1) is 0 Å². The number of nitrogens with one attached hydrogen (secondary N) is 1. The van der Waals surface area contributed by atoms with Crippen LogP contribution in [0.3, 0.4) is 0 Å². The molecule has 0 aliphatic carbocycles. The Morgan fingerprint density at radius 2 is 2.18 bits per heavy atom. The molecule has 0 atom stereocenters. The molecule has 0 saturated heterocycles. The molecule has 0 amide bonds. The molecular weight excluding hydrogens is 156 g/mol. The molecule has 0 aliphatic heterocycles. The normalized spacial score (nSPS) is 9.64. The maximum absolute atomic E-state index is 5.70. The first kappa shape index (κ1) is 8.27. The maximum Gasteiger partial charge on any atom is 0.0460 e. The number of nitrogens with two attached hydrogens (primary N) is 1. The summed E-state index contributed by atoms with van der Waals surface area (Å²) in [7, 11) is 0. The highest BCUT2D eigenvalue weighted by Crippen LogP contribution is 2.18. The predicted octanol–water partition coefficient (Wildman–Crippen LogP) is 2.27. The molecule has 0 bridgehead atoms. The Kier molecular flexibility index (Phi) is 2.65. The smallest absolute Gasteiger partial charge is 0.0460 e. The van der Waals surface area contributed by atoms with Crippen LogP contribution in [0.25, 0.3) is 0 Å². The molecule has 0 saturated carbocycles. The first-order valence-electron chi connectivity index (χ1n) is 3.39. The summed E-state index contributed by atoms with van der Waals surface area (Å²) in [6.45, 7) is 2.00. The fourth-order valence-electron chi connectivity index (χ4n) is 0.822. The Balaban J connectivity index is 2.86. The summed E-state index contributed by atoms with van der Waals surface area (Å²) in [6, 6.07) is 5.96. The summed E-state index contributed by atoms with van der Waals surface area (Å²) in [5.74, 6) is 0. The van der Waals surface area contributed by atoms with E-state index >= 15 is 0 Å². The van der Waals surface area contributed by atoms with Crippen LogP contribution < -0.4 is 10.5 Å². The van der Waals surface area contributed by atoms with E-state index in [1.165, 1.54) is 0 Å². The number of hydrogen-bond donors (Lipinski definition) is 2. The van der Waals surface area contributed by atoms with Gasteiger partial charge in [-0.3, -0.25) is 0 Å². The van der Waals surface area contributed by atoms with Gasteiger partial charge in [0.25, 0.3) is 0 Å². The molecule has 3 heteroatoms. The monoisotopic (exact) mass is 168 g/mol. The van der Waals surface area contributed by atoms with Gasteiger partial charge in [-0.2, -0.15) is 0 Å². The molecule has 1 aromatic rings. The number of rotatable bonds is 2. The van der Waals surface area contributed by atoms with Crippen LogP contribution in [0, 0.1) is 6.92 Å². The molecule has 0 radical (unpaired) electrons. The summed E-state index contributed by atoms with van der Waals surface area (Å²) in [6.07, 6.45) is 1.98. The molecular formula is C8H12N2S. The highest BCUT2D eigenvalue weighted by atomic mass is 32.2. The van der Waals surface area contributed by atoms with Crippen molar-refractivity contribution in [3.63, 3.8) is 0 Å². The van der Waals surface area contributed by atoms with E-state index in [1.54, 1.807) is 11.9 Å². The van der Waals surface area contributed by atoms with Crippen LogP contribution in [0.4, 0.5) is 11.4 Å². The molecule has 1 rings (SSSR count). The standard InChI is InChI=1S/C8H12N2S/c1-6-3-4-7(10-11-2)5-8(6)9/h3-5,10H,9H2,1-2H3. The fourth-order valence-corrected chi connectivity index (χ4v) is 1.18. The number of aryl methyl sites for hydroxylation is 1. The number of nitrogen functional groups attached to an aromatic ring is 1. The van der Waals surface area contributed by atoms with Crippen molar-refractivity contribution >= 4 is 23.3 Å². The van der Waals surface area contributed by atoms with E-state index in [-0.39, 0.29) is 0 Å². The lowest BCUT2D eigenvalue weighted by Gasteiger charge is -2.04. The Morgan fingerprint density at radius 1 is 1.45 bits per heavy atom. The van der Waals surface area contributed by atoms with Crippen molar-refractivity contribution in [2.75, 3.05) is 16.7 Å². The summed E-state index contributed by atoms with van der Waals surface area (Å²) < 4.78 is 3.11. The van der Waals surface area contributed by atoms with E-state index in [1.807, 2.05) is 31.4 Å². The molecule has 2 nitrogen and oxygen atoms in total. The van der Waals surface area contributed by atoms with E-state index in [0.717, 1.165) is 16.9 Å². The first-order chi connectivity index (χ1) is 5.24. The maximum atomic E-state index is 5.70. The van der Waals surface area contributed by atoms with Gasteiger partial charge in [-0.05, 0) is 24.6 Å². The largest absolute Gasteiger partial charge is 0.398 e. The minimum absolute atomic E-state index is 0.837. The van der Waals surface area contributed by atoms with Crippen molar-refractivity contribution in [3.05, 3.63) is 23.8 Å². The third kappa shape index (κ3) is 2.05. The van der Waals surface area contributed by atoms with Gasteiger partial charge in [0, 0.05) is 17.6 Å². The zero-order valence-corrected chi connectivity index (χ0v) is 7.53. The lowest BCUT2D eigenvalue weighted by Crippen LogP contribution is -1.91. The molecule has 1 aromatic carbocycles. The lowest BCUT2D eigenvalue weighted by atomic mass is 10.2. The molecule has 0 spiro atoms. The summed E-state index contributed by atoms with van der Waals surface area (Å²) in [5.41, 5.74) is 8.72. The minimum atomic E-state index is 0.837. The number of benzene rings is 1. The number of anilines is 2. The molecule has 3 N–H and O–H groups in total. The van der Waals surface area contributed by atoms with Crippen molar-refractivity contribution in [2.45, 2.75) is 6.92 Å². The summed E-state index contributed by atoms with van der Waals surface area (Å²) in [4.78, 5) is 0. The zero-order chi connectivity index (χ0) is 8.27. The highest BCUT2D eigenvalue weighted by Gasteiger charge is 1.94. The Morgan fingerprint density at radius 3 is 2.73 bits per heavy atom. The average molecular weight is 168 g/mol. The Labute approximate surface area is 71.3 Å². The van der Waals surface area contributed by atoms with Crippen LogP contribution in [-0.4, -0.2) is 6.26 Å².